The molecule has 99 valence electrons. The van der Waals surface area contributed by atoms with E-state index in [2.05, 4.69) is 38.2 Å². The SMILES string of the molecule is [CH2]CCCCC=CCCCCCC=CCCC. The van der Waals surface area contributed by atoms with Crippen LogP contribution in [0.2, 0.25) is 0 Å². The molecular weight excluding hydrogens is 204 g/mol. The van der Waals surface area contributed by atoms with Crippen molar-refractivity contribution in [2.75, 3.05) is 0 Å². The van der Waals surface area contributed by atoms with E-state index in [1.807, 2.05) is 0 Å². The Bertz CT molecular complexity index is 176. The van der Waals surface area contributed by atoms with E-state index < -0.39 is 0 Å². The molecule has 0 atom stereocenters. The highest BCUT2D eigenvalue weighted by atomic mass is 13.9. The Morgan fingerprint density at radius 1 is 0.647 bits per heavy atom. The van der Waals surface area contributed by atoms with Crippen molar-refractivity contribution in [3.05, 3.63) is 31.2 Å². The molecule has 0 aliphatic heterocycles. The first-order chi connectivity index (χ1) is 8.41. The molecule has 0 aromatic carbocycles. The van der Waals surface area contributed by atoms with Crippen LogP contribution in [0, 0.1) is 6.92 Å². The zero-order valence-electron chi connectivity index (χ0n) is 11.8. The fourth-order valence-corrected chi connectivity index (χ4v) is 1.78. The Morgan fingerprint density at radius 2 is 1.12 bits per heavy atom. The first-order valence-corrected chi connectivity index (χ1v) is 7.51. The van der Waals surface area contributed by atoms with Gasteiger partial charge in [0.05, 0.1) is 0 Å². The molecule has 0 unspecified atom stereocenters. The highest BCUT2D eigenvalue weighted by Crippen LogP contribution is 2.06. The standard InChI is InChI=1S/C17H31/c1-3-5-7-9-11-13-15-17-16-14-12-10-8-6-4-2/h8,10-11,13H,1,3-7,9,12,14-17H2,2H3. The molecule has 1 radical (unpaired) electrons. The number of hydrogen-bond acceptors (Lipinski definition) is 0. The van der Waals surface area contributed by atoms with Crippen LogP contribution in [-0.2, 0) is 0 Å². The number of allylic oxidation sites excluding steroid dienone is 4. The lowest BCUT2D eigenvalue weighted by Crippen LogP contribution is -1.76. The molecule has 0 bridgehead atoms. The van der Waals surface area contributed by atoms with Crippen molar-refractivity contribution in [3.63, 3.8) is 0 Å². The smallest absolute Gasteiger partial charge is 0.0351 e. The Balaban J connectivity index is 3.07. The van der Waals surface area contributed by atoms with E-state index in [1.165, 1.54) is 64.2 Å². The number of unbranched alkanes of at least 4 members (excludes halogenated alkanes) is 8. The Hall–Kier alpha value is -0.520. The third-order valence-electron chi connectivity index (χ3n) is 2.90. The van der Waals surface area contributed by atoms with Gasteiger partial charge in [0.25, 0.3) is 0 Å². The highest BCUT2D eigenvalue weighted by molar-refractivity contribution is 4.82. The van der Waals surface area contributed by atoms with Crippen LogP contribution < -0.4 is 0 Å². The van der Waals surface area contributed by atoms with Crippen LogP contribution in [0.15, 0.2) is 24.3 Å². The Morgan fingerprint density at radius 3 is 1.59 bits per heavy atom. The van der Waals surface area contributed by atoms with E-state index in [0.717, 1.165) is 6.42 Å². The van der Waals surface area contributed by atoms with Crippen molar-refractivity contribution in [1.29, 1.82) is 0 Å². The summed E-state index contributed by atoms with van der Waals surface area (Å²) in [5.41, 5.74) is 0. The van der Waals surface area contributed by atoms with Gasteiger partial charge in [-0.1, -0.05) is 63.8 Å². The maximum Gasteiger partial charge on any atom is -0.0351 e. The quantitative estimate of drug-likeness (QED) is 0.277. The van der Waals surface area contributed by atoms with Crippen LogP contribution in [0.4, 0.5) is 0 Å². The molecule has 0 fully saturated rings. The first kappa shape index (κ1) is 16.5. The largest absolute Gasteiger partial charge is 0.0885 e. The molecule has 0 spiro atoms. The lowest BCUT2D eigenvalue weighted by Gasteiger charge is -1.96. The van der Waals surface area contributed by atoms with Crippen molar-refractivity contribution in [3.8, 4) is 0 Å². The average molecular weight is 235 g/mol. The lowest BCUT2D eigenvalue weighted by molar-refractivity contribution is 0.692. The van der Waals surface area contributed by atoms with Gasteiger partial charge in [-0.2, -0.15) is 0 Å². The molecule has 0 saturated heterocycles. The molecule has 0 heteroatoms. The van der Waals surface area contributed by atoms with Crippen LogP contribution in [0.1, 0.15) is 77.6 Å². The summed E-state index contributed by atoms with van der Waals surface area (Å²) >= 11 is 0. The second kappa shape index (κ2) is 15.5. The van der Waals surface area contributed by atoms with E-state index in [4.69, 9.17) is 0 Å². The topological polar surface area (TPSA) is 0 Å². The fourth-order valence-electron chi connectivity index (χ4n) is 1.78. The van der Waals surface area contributed by atoms with Crippen molar-refractivity contribution >= 4 is 0 Å². The van der Waals surface area contributed by atoms with Crippen LogP contribution in [0.3, 0.4) is 0 Å². The summed E-state index contributed by atoms with van der Waals surface area (Å²) in [4.78, 5) is 0. The van der Waals surface area contributed by atoms with Crippen LogP contribution >= 0.6 is 0 Å². The fraction of sp³-hybridized carbons (Fsp3) is 0.706. The number of rotatable bonds is 12. The summed E-state index contributed by atoms with van der Waals surface area (Å²) in [6.07, 6.45) is 23.4. The van der Waals surface area contributed by atoms with Crippen LogP contribution in [-0.4, -0.2) is 0 Å². The zero-order chi connectivity index (χ0) is 12.6. The third kappa shape index (κ3) is 15.5. The van der Waals surface area contributed by atoms with Gasteiger partial charge in [0.1, 0.15) is 0 Å². The monoisotopic (exact) mass is 235 g/mol. The Kier molecular flexibility index (Phi) is 15.0. The maximum absolute atomic E-state index is 3.85. The summed E-state index contributed by atoms with van der Waals surface area (Å²) in [5.74, 6) is 0. The summed E-state index contributed by atoms with van der Waals surface area (Å²) in [7, 11) is 0. The maximum atomic E-state index is 3.85. The summed E-state index contributed by atoms with van der Waals surface area (Å²) < 4.78 is 0. The minimum atomic E-state index is 1.08. The highest BCUT2D eigenvalue weighted by Gasteiger charge is 1.86. The molecule has 0 heterocycles. The molecule has 0 aromatic heterocycles. The molecule has 0 rings (SSSR count). The summed E-state index contributed by atoms with van der Waals surface area (Å²) in [5, 5.41) is 0. The van der Waals surface area contributed by atoms with E-state index >= 15 is 0 Å². The molecule has 0 aromatic rings. The van der Waals surface area contributed by atoms with E-state index in [9.17, 15) is 0 Å². The minimum Gasteiger partial charge on any atom is -0.0885 e. The van der Waals surface area contributed by atoms with Gasteiger partial charge in [0, 0.05) is 0 Å². The summed E-state index contributed by atoms with van der Waals surface area (Å²) in [6.45, 7) is 6.08. The van der Waals surface area contributed by atoms with Gasteiger partial charge in [-0.05, 0) is 44.9 Å². The normalized spacial score (nSPS) is 11.9. The molecule has 0 saturated carbocycles. The van der Waals surface area contributed by atoms with Crippen molar-refractivity contribution in [1.82, 2.24) is 0 Å². The van der Waals surface area contributed by atoms with Gasteiger partial charge in [-0.3, -0.25) is 0 Å². The van der Waals surface area contributed by atoms with Crippen molar-refractivity contribution in [2.45, 2.75) is 77.6 Å². The molecule has 0 nitrogen and oxygen atoms in total. The van der Waals surface area contributed by atoms with Crippen molar-refractivity contribution in [2.24, 2.45) is 0 Å². The van der Waals surface area contributed by atoms with E-state index in [-0.39, 0.29) is 0 Å². The third-order valence-corrected chi connectivity index (χ3v) is 2.90. The predicted octanol–water partition coefficient (Wildman–Crippen LogP) is 6.24. The first-order valence-electron chi connectivity index (χ1n) is 7.51. The van der Waals surface area contributed by atoms with Crippen LogP contribution in [0.5, 0.6) is 0 Å². The average Bonchev–Trinajstić information content (AvgIpc) is 2.35. The van der Waals surface area contributed by atoms with Gasteiger partial charge in [-0.25, -0.2) is 0 Å². The van der Waals surface area contributed by atoms with Gasteiger partial charge < -0.3 is 0 Å². The lowest BCUT2D eigenvalue weighted by atomic mass is 10.1. The number of hydrogen-bond donors (Lipinski definition) is 0. The zero-order valence-corrected chi connectivity index (χ0v) is 11.8. The second-order valence-electron chi connectivity index (χ2n) is 4.72. The van der Waals surface area contributed by atoms with Gasteiger partial charge in [-0.15, -0.1) is 0 Å². The minimum absolute atomic E-state index is 1.08. The predicted molar refractivity (Wildman–Crippen MR) is 80.1 cm³/mol. The van der Waals surface area contributed by atoms with Gasteiger partial charge in [0.2, 0.25) is 0 Å². The summed E-state index contributed by atoms with van der Waals surface area (Å²) in [6, 6.07) is 0. The molecule has 0 aliphatic rings. The van der Waals surface area contributed by atoms with E-state index in [0.29, 0.717) is 0 Å². The molecule has 17 heavy (non-hydrogen) atoms. The Labute approximate surface area is 109 Å². The molecular formula is C17H31. The van der Waals surface area contributed by atoms with Crippen LogP contribution in [0.25, 0.3) is 0 Å². The second-order valence-corrected chi connectivity index (χ2v) is 4.72. The van der Waals surface area contributed by atoms with Crippen molar-refractivity contribution < 1.29 is 0 Å². The van der Waals surface area contributed by atoms with Gasteiger partial charge in [0.15, 0.2) is 0 Å². The molecule has 0 aliphatic carbocycles. The van der Waals surface area contributed by atoms with Gasteiger partial charge >= 0.3 is 0 Å². The molecule has 0 amide bonds. The van der Waals surface area contributed by atoms with E-state index in [1.54, 1.807) is 0 Å². The molecule has 0 N–H and O–H groups in total.